The summed E-state index contributed by atoms with van der Waals surface area (Å²) in [5.74, 6) is -1.58. The number of aromatic hydroxyl groups is 1. The van der Waals surface area contributed by atoms with Gasteiger partial charge in [0.05, 0.1) is 19.2 Å². The Hall–Kier alpha value is -4.09. The molecule has 11 nitrogen and oxygen atoms in total. The van der Waals surface area contributed by atoms with Crippen LogP contribution in [0.25, 0.3) is 0 Å². The average molecular weight is 667 g/mol. The van der Waals surface area contributed by atoms with E-state index in [4.69, 9.17) is 23.7 Å². The van der Waals surface area contributed by atoms with Gasteiger partial charge in [-0.3, -0.25) is 9.69 Å². The van der Waals surface area contributed by atoms with Crippen LogP contribution in [0, 0.1) is 5.92 Å². The molecule has 11 heteroatoms. The second kappa shape index (κ2) is 15.0. The van der Waals surface area contributed by atoms with Crippen molar-refractivity contribution < 1.29 is 43.2 Å². The number of carbonyl (C=O) groups excluding carboxylic acids is 3. The highest BCUT2D eigenvalue weighted by Gasteiger charge is 2.51. The zero-order valence-corrected chi connectivity index (χ0v) is 29.3. The number of amides is 2. The second-order valence-corrected chi connectivity index (χ2v) is 14.3. The van der Waals surface area contributed by atoms with E-state index in [1.807, 2.05) is 38.1 Å². The van der Waals surface area contributed by atoms with Crippen LogP contribution in [-0.4, -0.2) is 76.9 Å². The summed E-state index contributed by atoms with van der Waals surface area (Å²) in [5.41, 5.74) is 0.825. The van der Waals surface area contributed by atoms with Crippen LogP contribution >= 0.6 is 0 Å². The summed E-state index contributed by atoms with van der Waals surface area (Å²) in [7, 11) is 1.58. The lowest BCUT2D eigenvalue weighted by molar-refractivity contribution is -0.158. The molecule has 2 aliphatic rings. The van der Waals surface area contributed by atoms with E-state index in [9.17, 15) is 19.5 Å². The molecule has 2 aromatic rings. The molecule has 0 spiro atoms. The van der Waals surface area contributed by atoms with E-state index in [-0.39, 0.29) is 30.2 Å². The molecule has 5 atom stereocenters. The topological polar surface area (TPSA) is 133 Å². The Morgan fingerprint density at radius 2 is 1.83 bits per heavy atom. The first-order valence-electron chi connectivity index (χ1n) is 16.4. The molecule has 4 rings (SSSR count). The SMILES string of the molecule is C=CC[C@@H]([C@@H]1OC(C)(C)O[C@@H]1C(=O)N[C@@H](CC(C)C)[C@@H]1Cc2cccc(O)c2C(=O)O1)N(Cc1ccc(OC)cc1)C(=O)OC(C)(C)C. The normalized spacial score (nSPS) is 21.4. The number of methoxy groups -OCH3 is 1. The van der Waals surface area contributed by atoms with Crippen LogP contribution in [0.4, 0.5) is 4.79 Å². The minimum atomic E-state index is -1.16. The maximum atomic E-state index is 14.2. The van der Waals surface area contributed by atoms with Crippen LogP contribution in [0.5, 0.6) is 11.5 Å². The summed E-state index contributed by atoms with van der Waals surface area (Å²) in [6, 6.07) is 11.0. The summed E-state index contributed by atoms with van der Waals surface area (Å²) in [4.78, 5) is 42.6. The molecule has 0 aliphatic carbocycles. The van der Waals surface area contributed by atoms with Gasteiger partial charge in [-0.2, -0.15) is 0 Å². The Morgan fingerprint density at radius 3 is 2.44 bits per heavy atom. The van der Waals surface area contributed by atoms with Crippen molar-refractivity contribution in [1.29, 1.82) is 0 Å². The second-order valence-electron chi connectivity index (χ2n) is 14.3. The van der Waals surface area contributed by atoms with Gasteiger partial charge in [-0.15, -0.1) is 6.58 Å². The minimum absolute atomic E-state index is 0.139. The number of nitrogens with zero attached hydrogens (tertiary/aromatic N) is 1. The standard InChI is InChI=1S/C37H50N2O9/c1-10-12-27(39(35(43)48-36(4,5)6)21-23-15-17-25(44-9)18-16-23)31-32(47-37(7,8)46-31)33(41)38-26(19-22(2)3)29-20-24-13-11-14-28(40)30(24)34(42)45-29/h10-11,13-18,22,26-27,29,31-32,40H,1,12,19-21H2,2-9H3,(H,38,41)/t26-,27-,29-,31-,32-/m0/s1. The van der Waals surface area contributed by atoms with Gasteiger partial charge in [0, 0.05) is 13.0 Å². The first-order chi connectivity index (χ1) is 22.5. The zero-order valence-electron chi connectivity index (χ0n) is 29.3. The smallest absolute Gasteiger partial charge is 0.410 e. The summed E-state index contributed by atoms with van der Waals surface area (Å²) >= 11 is 0. The fraction of sp³-hybridized carbons (Fsp3) is 0.541. The lowest BCUT2D eigenvalue weighted by Gasteiger charge is -2.37. The molecule has 2 aromatic carbocycles. The molecule has 2 aliphatic heterocycles. The van der Waals surface area contributed by atoms with E-state index >= 15 is 0 Å². The van der Waals surface area contributed by atoms with Crippen LogP contribution < -0.4 is 10.1 Å². The molecular formula is C37H50N2O9. The van der Waals surface area contributed by atoms with Crippen LogP contribution in [0.3, 0.4) is 0 Å². The maximum absolute atomic E-state index is 14.2. The Morgan fingerprint density at radius 1 is 1.15 bits per heavy atom. The number of benzene rings is 2. The molecule has 2 amide bonds. The fourth-order valence-electron chi connectivity index (χ4n) is 6.20. The third-order valence-corrected chi connectivity index (χ3v) is 8.23. The summed E-state index contributed by atoms with van der Waals surface area (Å²) in [5, 5.41) is 13.4. The van der Waals surface area contributed by atoms with Gasteiger partial charge >= 0.3 is 12.1 Å². The van der Waals surface area contributed by atoms with Crippen molar-refractivity contribution in [3.63, 3.8) is 0 Å². The van der Waals surface area contributed by atoms with E-state index < -0.39 is 59.8 Å². The maximum Gasteiger partial charge on any atom is 0.410 e. The Balaban J connectivity index is 1.66. The molecule has 1 fully saturated rings. The van der Waals surface area contributed by atoms with Gasteiger partial charge in [-0.1, -0.05) is 44.2 Å². The Bertz CT molecular complexity index is 1460. The van der Waals surface area contributed by atoms with Crippen molar-refractivity contribution in [3.8, 4) is 11.5 Å². The molecular weight excluding hydrogens is 616 g/mol. The third-order valence-electron chi connectivity index (χ3n) is 8.23. The molecule has 0 unspecified atom stereocenters. The van der Waals surface area contributed by atoms with Crippen LogP contribution in [0.1, 0.15) is 82.8 Å². The average Bonchev–Trinajstić information content (AvgIpc) is 3.32. The van der Waals surface area contributed by atoms with Crippen molar-refractivity contribution in [2.45, 2.75) is 116 Å². The number of cyclic esters (lactones) is 1. The highest BCUT2D eigenvalue weighted by Crippen LogP contribution is 2.35. The largest absolute Gasteiger partial charge is 0.507 e. The van der Waals surface area contributed by atoms with E-state index in [0.29, 0.717) is 24.2 Å². The van der Waals surface area contributed by atoms with Gasteiger partial charge in [-0.05, 0) is 82.7 Å². The number of hydrogen-bond donors (Lipinski definition) is 2. The van der Waals surface area contributed by atoms with Crippen molar-refractivity contribution in [3.05, 3.63) is 71.8 Å². The molecule has 0 radical (unpaired) electrons. The molecule has 0 aromatic heterocycles. The highest BCUT2D eigenvalue weighted by atomic mass is 16.8. The molecule has 0 saturated carbocycles. The molecule has 0 bridgehead atoms. The number of carbonyl (C=O) groups is 3. The van der Waals surface area contributed by atoms with Crippen molar-refractivity contribution in [2.24, 2.45) is 5.92 Å². The van der Waals surface area contributed by atoms with E-state index in [1.54, 1.807) is 64.8 Å². The third kappa shape index (κ3) is 9.08. The molecule has 48 heavy (non-hydrogen) atoms. The summed E-state index contributed by atoms with van der Waals surface area (Å²) in [6.45, 7) is 16.9. The Kier molecular flexibility index (Phi) is 11.5. The molecule has 2 heterocycles. The highest BCUT2D eigenvalue weighted by molar-refractivity contribution is 5.95. The number of rotatable bonds is 12. The number of ether oxygens (including phenoxy) is 5. The number of phenolic OH excluding ortho intramolecular Hbond substituents is 1. The lowest BCUT2D eigenvalue weighted by Crippen LogP contribution is -2.57. The number of phenols is 1. The fourth-order valence-corrected chi connectivity index (χ4v) is 6.20. The van der Waals surface area contributed by atoms with Gasteiger partial charge in [0.15, 0.2) is 11.9 Å². The van der Waals surface area contributed by atoms with Crippen LogP contribution in [-0.2, 0) is 36.7 Å². The van der Waals surface area contributed by atoms with Crippen LogP contribution in [0.15, 0.2) is 55.1 Å². The number of nitrogens with one attached hydrogen (secondary N) is 1. The monoisotopic (exact) mass is 666 g/mol. The summed E-state index contributed by atoms with van der Waals surface area (Å²) < 4.78 is 29.6. The van der Waals surface area contributed by atoms with Crippen molar-refractivity contribution in [2.75, 3.05) is 7.11 Å². The number of fused-ring (bicyclic) bond motifs is 1. The van der Waals surface area contributed by atoms with E-state index in [0.717, 1.165) is 5.56 Å². The van der Waals surface area contributed by atoms with Gasteiger partial charge < -0.3 is 34.1 Å². The van der Waals surface area contributed by atoms with Gasteiger partial charge in [0.2, 0.25) is 0 Å². The molecule has 1 saturated heterocycles. The quantitative estimate of drug-likeness (QED) is 0.209. The first kappa shape index (κ1) is 36.7. The van der Waals surface area contributed by atoms with E-state index in [1.165, 1.54) is 6.07 Å². The van der Waals surface area contributed by atoms with Gasteiger partial charge in [0.25, 0.3) is 5.91 Å². The van der Waals surface area contributed by atoms with Crippen LogP contribution in [0.2, 0.25) is 0 Å². The zero-order chi connectivity index (χ0) is 35.4. The predicted octanol–water partition coefficient (Wildman–Crippen LogP) is 5.92. The first-order valence-corrected chi connectivity index (χ1v) is 16.4. The van der Waals surface area contributed by atoms with Crippen molar-refractivity contribution >= 4 is 18.0 Å². The van der Waals surface area contributed by atoms with Gasteiger partial charge in [0.1, 0.15) is 34.9 Å². The van der Waals surface area contributed by atoms with Gasteiger partial charge in [-0.25, -0.2) is 9.59 Å². The van der Waals surface area contributed by atoms with Crippen molar-refractivity contribution in [1.82, 2.24) is 10.2 Å². The lowest BCUT2D eigenvalue weighted by atomic mass is 9.90. The number of esters is 1. The minimum Gasteiger partial charge on any atom is -0.507 e. The summed E-state index contributed by atoms with van der Waals surface area (Å²) in [6.07, 6.45) is -0.509. The predicted molar refractivity (Wildman–Crippen MR) is 180 cm³/mol. The number of hydrogen-bond acceptors (Lipinski definition) is 9. The molecule has 262 valence electrons. The Labute approximate surface area is 283 Å². The van der Waals surface area contributed by atoms with E-state index in [2.05, 4.69) is 11.9 Å². The molecule has 2 N–H and O–H groups in total.